The first-order valence-corrected chi connectivity index (χ1v) is 9.62. The van der Waals surface area contributed by atoms with Crippen LogP contribution in [0.4, 0.5) is 0 Å². The van der Waals surface area contributed by atoms with Crippen LogP contribution in [-0.4, -0.2) is 17.3 Å². The molecule has 1 aromatic heterocycles. The van der Waals surface area contributed by atoms with E-state index in [1.54, 1.807) is 30.6 Å². The summed E-state index contributed by atoms with van der Waals surface area (Å²) in [5.41, 5.74) is 2.00. The molecule has 0 radical (unpaired) electrons. The third-order valence-electron chi connectivity index (χ3n) is 4.25. The van der Waals surface area contributed by atoms with Gasteiger partial charge in [0.1, 0.15) is 0 Å². The first-order valence-electron chi connectivity index (χ1n) is 8.87. The Hall–Kier alpha value is -2.11. The van der Waals surface area contributed by atoms with Gasteiger partial charge >= 0.3 is 0 Å². The van der Waals surface area contributed by atoms with E-state index < -0.39 is 0 Å². The van der Waals surface area contributed by atoms with Crippen molar-refractivity contribution < 1.29 is 9.59 Å². The molecule has 7 heteroatoms. The average molecular weight is 408 g/mol. The number of pyridine rings is 1. The molecule has 0 saturated heterocycles. The molecular weight excluding hydrogens is 385 g/mol. The molecule has 0 atom stereocenters. The van der Waals surface area contributed by atoms with E-state index in [4.69, 9.17) is 23.2 Å². The number of carbonyl (C=O) groups is 2. The summed E-state index contributed by atoms with van der Waals surface area (Å²) in [5.74, 6) is 0.469. The fourth-order valence-electron chi connectivity index (χ4n) is 2.89. The third-order valence-corrected chi connectivity index (χ3v) is 4.69. The second kappa shape index (κ2) is 11.6. The second-order valence-corrected chi connectivity index (χ2v) is 7.20. The van der Waals surface area contributed by atoms with Gasteiger partial charge in [-0.05, 0) is 54.3 Å². The largest absolute Gasteiger partial charge is 0.355 e. The van der Waals surface area contributed by atoms with Crippen LogP contribution in [0.3, 0.4) is 0 Å². The van der Waals surface area contributed by atoms with Gasteiger partial charge in [0.05, 0.1) is 0 Å². The van der Waals surface area contributed by atoms with E-state index in [0.29, 0.717) is 29.5 Å². The van der Waals surface area contributed by atoms with Crippen LogP contribution < -0.4 is 10.6 Å². The summed E-state index contributed by atoms with van der Waals surface area (Å²) < 4.78 is 0. The summed E-state index contributed by atoms with van der Waals surface area (Å²) in [6.07, 6.45) is 8.65. The lowest BCUT2D eigenvalue weighted by Crippen LogP contribution is -2.28. The number of hydrogen-bond donors (Lipinski definition) is 2. The molecule has 1 aliphatic carbocycles. The minimum Gasteiger partial charge on any atom is -0.355 e. The summed E-state index contributed by atoms with van der Waals surface area (Å²) in [6.45, 7) is 1.07. The van der Waals surface area contributed by atoms with Crippen molar-refractivity contribution in [2.45, 2.75) is 38.8 Å². The summed E-state index contributed by atoms with van der Waals surface area (Å²) in [6, 6.07) is 9.01. The van der Waals surface area contributed by atoms with Crippen LogP contribution in [0.1, 0.15) is 36.8 Å². The molecule has 1 heterocycles. The monoisotopic (exact) mass is 407 g/mol. The fourth-order valence-corrected chi connectivity index (χ4v) is 3.47. The van der Waals surface area contributed by atoms with E-state index >= 15 is 0 Å². The van der Waals surface area contributed by atoms with Gasteiger partial charge in [-0.3, -0.25) is 14.6 Å². The maximum Gasteiger partial charge on any atom is 0.223 e. The standard InChI is InChI=1S/C12H16N2O.C8H7Cl2NO/c15-12(11-3-1-2-4-11)14-9-10-5-7-13-8-6-10;9-7-1-6(4-11-5-12)2-8(10)3-7/h5-8,11H,1-4,9H2,(H,14,15);1-3,5H,4H2,(H,11,12). The zero-order valence-electron chi connectivity index (χ0n) is 15.0. The summed E-state index contributed by atoms with van der Waals surface area (Å²) in [5, 5.41) is 6.64. The lowest BCUT2D eigenvalue weighted by atomic mass is 10.1. The van der Waals surface area contributed by atoms with Crippen molar-refractivity contribution in [1.29, 1.82) is 0 Å². The number of nitrogens with one attached hydrogen (secondary N) is 2. The molecule has 2 amide bonds. The van der Waals surface area contributed by atoms with Gasteiger partial charge in [-0.15, -0.1) is 0 Å². The van der Waals surface area contributed by atoms with E-state index in [0.717, 1.165) is 24.0 Å². The quantitative estimate of drug-likeness (QED) is 0.707. The molecule has 0 aliphatic heterocycles. The molecule has 1 saturated carbocycles. The summed E-state index contributed by atoms with van der Waals surface area (Å²) in [7, 11) is 0. The SMILES string of the molecule is O=C(NCc1ccncc1)C1CCCC1.O=CNCc1cc(Cl)cc(Cl)c1. The molecule has 1 aliphatic rings. The van der Waals surface area contributed by atoms with Crippen molar-refractivity contribution in [2.24, 2.45) is 5.92 Å². The smallest absolute Gasteiger partial charge is 0.223 e. The van der Waals surface area contributed by atoms with Gasteiger partial charge in [0.25, 0.3) is 0 Å². The molecule has 5 nitrogen and oxygen atoms in total. The van der Waals surface area contributed by atoms with Crippen molar-refractivity contribution in [2.75, 3.05) is 0 Å². The lowest BCUT2D eigenvalue weighted by Gasteiger charge is -2.09. The summed E-state index contributed by atoms with van der Waals surface area (Å²) in [4.78, 5) is 25.6. The zero-order chi connectivity index (χ0) is 19.5. The van der Waals surface area contributed by atoms with E-state index in [1.807, 2.05) is 12.1 Å². The van der Waals surface area contributed by atoms with Gasteiger partial charge in [0, 0.05) is 41.4 Å². The Bertz CT molecular complexity index is 715. The van der Waals surface area contributed by atoms with Crippen LogP contribution >= 0.6 is 23.2 Å². The van der Waals surface area contributed by atoms with Gasteiger partial charge in [-0.1, -0.05) is 36.0 Å². The first-order chi connectivity index (χ1) is 13.1. The normalized spacial score (nSPS) is 13.4. The molecule has 1 aromatic carbocycles. The molecule has 0 spiro atoms. The fraction of sp³-hybridized carbons (Fsp3) is 0.350. The van der Waals surface area contributed by atoms with E-state index in [9.17, 15) is 9.59 Å². The van der Waals surface area contributed by atoms with Gasteiger partial charge in [0.2, 0.25) is 12.3 Å². The maximum absolute atomic E-state index is 11.7. The van der Waals surface area contributed by atoms with Crippen LogP contribution in [0, 0.1) is 5.92 Å². The van der Waals surface area contributed by atoms with Gasteiger partial charge in [-0.2, -0.15) is 0 Å². The number of carbonyl (C=O) groups excluding carboxylic acids is 2. The number of nitrogens with zero attached hydrogens (tertiary/aromatic N) is 1. The Morgan fingerprint density at radius 3 is 2.26 bits per heavy atom. The Morgan fingerprint density at radius 2 is 1.67 bits per heavy atom. The second-order valence-electron chi connectivity index (χ2n) is 6.33. The number of benzene rings is 1. The highest BCUT2D eigenvalue weighted by molar-refractivity contribution is 6.34. The highest BCUT2D eigenvalue weighted by Gasteiger charge is 2.21. The molecular formula is C20H23Cl2N3O2. The zero-order valence-corrected chi connectivity index (χ0v) is 16.5. The lowest BCUT2D eigenvalue weighted by molar-refractivity contribution is -0.125. The number of hydrogen-bond acceptors (Lipinski definition) is 3. The summed E-state index contributed by atoms with van der Waals surface area (Å²) >= 11 is 11.5. The molecule has 2 aromatic rings. The topological polar surface area (TPSA) is 71.1 Å². The van der Waals surface area contributed by atoms with Crippen LogP contribution in [-0.2, 0) is 22.7 Å². The van der Waals surface area contributed by atoms with E-state index in [2.05, 4.69) is 15.6 Å². The maximum atomic E-state index is 11.7. The van der Waals surface area contributed by atoms with Gasteiger partial charge in [-0.25, -0.2) is 0 Å². The van der Waals surface area contributed by atoms with Crippen molar-refractivity contribution in [1.82, 2.24) is 15.6 Å². The van der Waals surface area contributed by atoms with Crippen molar-refractivity contribution >= 4 is 35.5 Å². The minimum atomic E-state index is 0.212. The Balaban J connectivity index is 0.000000199. The Labute approximate surface area is 169 Å². The third kappa shape index (κ3) is 7.97. The van der Waals surface area contributed by atoms with E-state index in [1.165, 1.54) is 12.8 Å². The number of halogens is 2. The average Bonchev–Trinajstić information content (AvgIpc) is 3.20. The minimum absolute atomic E-state index is 0.212. The predicted octanol–water partition coefficient (Wildman–Crippen LogP) is 4.13. The van der Waals surface area contributed by atoms with Gasteiger partial charge < -0.3 is 10.6 Å². The van der Waals surface area contributed by atoms with Crippen molar-refractivity contribution in [3.8, 4) is 0 Å². The van der Waals surface area contributed by atoms with Crippen LogP contribution in [0.15, 0.2) is 42.7 Å². The molecule has 144 valence electrons. The number of rotatable bonds is 6. The number of amides is 2. The van der Waals surface area contributed by atoms with Gasteiger partial charge in [0.15, 0.2) is 0 Å². The first kappa shape index (κ1) is 21.2. The molecule has 1 fully saturated rings. The molecule has 0 unspecified atom stereocenters. The highest BCUT2D eigenvalue weighted by atomic mass is 35.5. The molecule has 3 rings (SSSR count). The van der Waals surface area contributed by atoms with Crippen molar-refractivity contribution in [3.05, 3.63) is 63.9 Å². The van der Waals surface area contributed by atoms with Crippen LogP contribution in [0.5, 0.6) is 0 Å². The highest BCUT2D eigenvalue weighted by Crippen LogP contribution is 2.24. The molecule has 2 N–H and O–H groups in total. The molecule has 0 bridgehead atoms. The Morgan fingerprint density at radius 1 is 1.04 bits per heavy atom. The Kier molecular flexibility index (Phi) is 9.08. The van der Waals surface area contributed by atoms with Crippen LogP contribution in [0.25, 0.3) is 0 Å². The molecule has 27 heavy (non-hydrogen) atoms. The van der Waals surface area contributed by atoms with Crippen molar-refractivity contribution in [3.63, 3.8) is 0 Å². The number of aromatic nitrogens is 1. The van der Waals surface area contributed by atoms with Crippen LogP contribution in [0.2, 0.25) is 10.0 Å². The van der Waals surface area contributed by atoms with E-state index in [-0.39, 0.29) is 11.8 Å². The predicted molar refractivity (Wildman–Crippen MR) is 107 cm³/mol.